The third-order valence-corrected chi connectivity index (χ3v) is 5.62. The molecule has 0 fully saturated rings. The van der Waals surface area contributed by atoms with Gasteiger partial charge in [-0.05, 0) is 61.6 Å². The van der Waals surface area contributed by atoms with Gasteiger partial charge in [-0.25, -0.2) is 18.6 Å². The van der Waals surface area contributed by atoms with E-state index in [2.05, 4.69) is 10.1 Å². The number of nitrogens with zero attached hydrogens (tertiary/aromatic N) is 4. The summed E-state index contributed by atoms with van der Waals surface area (Å²) < 4.78 is 38.1. The van der Waals surface area contributed by atoms with Crippen LogP contribution in [0.1, 0.15) is 37.7 Å². The molecule has 0 amide bonds. The molecule has 0 bridgehead atoms. The Labute approximate surface area is 201 Å². The lowest BCUT2D eigenvalue weighted by atomic mass is 10.1. The SMILES string of the molecule is CCn1c(CO)nn(-c2cc(OC(C)C)c(/C(F)=C/c3c(F)ccnc3Cl)cc2I)c1=O. The van der Waals surface area contributed by atoms with Gasteiger partial charge in [0.05, 0.1) is 22.9 Å². The fourth-order valence-electron chi connectivity index (χ4n) is 3.03. The first-order valence-electron chi connectivity index (χ1n) is 9.65. The van der Waals surface area contributed by atoms with Crippen molar-refractivity contribution in [2.45, 2.75) is 40.0 Å². The van der Waals surface area contributed by atoms with Gasteiger partial charge >= 0.3 is 5.69 Å². The van der Waals surface area contributed by atoms with Crippen molar-refractivity contribution < 1.29 is 18.6 Å². The molecule has 2 heterocycles. The lowest BCUT2D eigenvalue weighted by Crippen LogP contribution is -2.24. The molecule has 1 N–H and O–H groups in total. The standard InChI is InChI=1S/C21H20ClF2IN4O3/c1-4-28-19(10-30)27-29(21(28)31)17-9-18(32-11(2)3)12(8-16(17)25)15(24)7-13-14(23)5-6-26-20(13)22/h5-9,11,30H,4,10H2,1-3H3/b15-7-. The Morgan fingerprint density at radius 1 is 1.41 bits per heavy atom. The first kappa shape index (κ1) is 24.3. The summed E-state index contributed by atoms with van der Waals surface area (Å²) in [4.78, 5) is 16.5. The zero-order valence-corrected chi connectivity index (χ0v) is 20.4. The Hall–Kier alpha value is -2.31. The monoisotopic (exact) mass is 576 g/mol. The van der Waals surface area contributed by atoms with E-state index in [1.807, 2.05) is 22.6 Å². The first-order chi connectivity index (χ1) is 15.2. The number of ether oxygens (including phenoxy) is 1. The van der Waals surface area contributed by atoms with E-state index in [1.165, 1.54) is 22.9 Å². The number of pyridine rings is 1. The number of rotatable bonds is 7. The molecule has 0 saturated heterocycles. The van der Waals surface area contributed by atoms with Crippen LogP contribution in [0.15, 0.2) is 29.2 Å². The zero-order chi connectivity index (χ0) is 23.6. The molecule has 0 atom stereocenters. The van der Waals surface area contributed by atoms with Gasteiger partial charge in [0.1, 0.15) is 29.2 Å². The van der Waals surface area contributed by atoms with Crippen LogP contribution in [-0.2, 0) is 13.2 Å². The number of hydrogen-bond acceptors (Lipinski definition) is 5. The maximum Gasteiger partial charge on any atom is 0.350 e. The number of hydrogen-bond donors (Lipinski definition) is 1. The van der Waals surface area contributed by atoms with Gasteiger partial charge in [0.2, 0.25) is 0 Å². The van der Waals surface area contributed by atoms with Gasteiger partial charge in [-0.1, -0.05) is 11.6 Å². The predicted molar refractivity (Wildman–Crippen MR) is 126 cm³/mol. The normalized spacial score (nSPS) is 12.0. The van der Waals surface area contributed by atoms with Crippen LogP contribution in [0.4, 0.5) is 8.78 Å². The molecule has 11 heteroatoms. The summed E-state index contributed by atoms with van der Waals surface area (Å²) >= 11 is 7.87. The minimum Gasteiger partial charge on any atom is -0.490 e. The summed E-state index contributed by atoms with van der Waals surface area (Å²) in [7, 11) is 0. The highest BCUT2D eigenvalue weighted by Crippen LogP contribution is 2.35. The summed E-state index contributed by atoms with van der Waals surface area (Å²) in [6.07, 6.45) is 1.82. The molecule has 0 spiro atoms. The molecule has 2 aromatic heterocycles. The largest absolute Gasteiger partial charge is 0.490 e. The van der Waals surface area contributed by atoms with Crippen molar-refractivity contribution in [2.75, 3.05) is 0 Å². The number of aliphatic hydroxyl groups excluding tert-OH is 1. The fraction of sp³-hybridized carbons (Fsp3) is 0.286. The van der Waals surface area contributed by atoms with Crippen molar-refractivity contribution in [3.63, 3.8) is 0 Å². The quantitative estimate of drug-likeness (QED) is 0.329. The second kappa shape index (κ2) is 10.1. The molecule has 170 valence electrons. The van der Waals surface area contributed by atoms with Crippen molar-refractivity contribution in [2.24, 2.45) is 0 Å². The molecule has 32 heavy (non-hydrogen) atoms. The maximum absolute atomic E-state index is 15.3. The molecule has 3 aromatic rings. The van der Waals surface area contributed by atoms with E-state index in [0.29, 0.717) is 15.8 Å². The highest BCUT2D eigenvalue weighted by atomic mass is 127. The number of benzene rings is 1. The molecule has 0 saturated carbocycles. The lowest BCUT2D eigenvalue weighted by Gasteiger charge is -2.16. The minimum atomic E-state index is -0.790. The minimum absolute atomic E-state index is 0.0523. The van der Waals surface area contributed by atoms with E-state index < -0.39 is 23.9 Å². The van der Waals surface area contributed by atoms with Gasteiger partial charge in [-0.2, -0.15) is 4.68 Å². The van der Waals surface area contributed by atoms with Crippen LogP contribution >= 0.6 is 34.2 Å². The Kier molecular flexibility index (Phi) is 7.67. The van der Waals surface area contributed by atoms with Crippen molar-refractivity contribution in [1.29, 1.82) is 0 Å². The second-order valence-electron chi connectivity index (χ2n) is 6.97. The highest BCUT2D eigenvalue weighted by Gasteiger charge is 2.20. The summed E-state index contributed by atoms with van der Waals surface area (Å²) in [5.41, 5.74) is -0.225. The lowest BCUT2D eigenvalue weighted by molar-refractivity contribution is 0.241. The number of halogens is 4. The van der Waals surface area contributed by atoms with E-state index in [9.17, 15) is 14.3 Å². The van der Waals surface area contributed by atoms with Crippen molar-refractivity contribution in [3.8, 4) is 11.4 Å². The Morgan fingerprint density at radius 2 is 2.12 bits per heavy atom. The van der Waals surface area contributed by atoms with Gasteiger partial charge in [-0.3, -0.25) is 4.57 Å². The fourth-order valence-corrected chi connectivity index (χ4v) is 3.93. The summed E-state index contributed by atoms with van der Waals surface area (Å²) in [5.74, 6) is -1.17. The molecule has 0 aliphatic heterocycles. The van der Waals surface area contributed by atoms with Gasteiger partial charge in [0.25, 0.3) is 0 Å². The second-order valence-corrected chi connectivity index (χ2v) is 8.49. The van der Waals surface area contributed by atoms with Gasteiger partial charge in [0.15, 0.2) is 5.82 Å². The summed E-state index contributed by atoms with van der Waals surface area (Å²) in [6.45, 7) is 5.21. The van der Waals surface area contributed by atoms with Gasteiger partial charge < -0.3 is 9.84 Å². The van der Waals surface area contributed by atoms with Gasteiger partial charge in [-0.15, -0.1) is 5.10 Å². The third kappa shape index (κ3) is 4.86. The average molecular weight is 577 g/mol. The first-order valence-corrected chi connectivity index (χ1v) is 11.1. The molecule has 0 aliphatic rings. The van der Waals surface area contributed by atoms with Crippen LogP contribution in [0.5, 0.6) is 5.75 Å². The average Bonchev–Trinajstić information content (AvgIpc) is 3.06. The summed E-state index contributed by atoms with van der Waals surface area (Å²) in [5, 5.41) is 13.5. The molecule has 0 aliphatic carbocycles. The summed E-state index contributed by atoms with van der Waals surface area (Å²) in [6, 6.07) is 4.04. The Balaban J connectivity index is 2.20. The molecule has 0 unspecified atom stereocenters. The smallest absolute Gasteiger partial charge is 0.350 e. The van der Waals surface area contributed by atoms with Crippen LogP contribution in [0.25, 0.3) is 17.6 Å². The van der Waals surface area contributed by atoms with E-state index in [-0.39, 0.29) is 34.0 Å². The zero-order valence-electron chi connectivity index (χ0n) is 17.4. The van der Waals surface area contributed by atoms with Crippen LogP contribution in [0.2, 0.25) is 5.15 Å². The van der Waals surface area contributed by atoms with Crippen LogP contribution < -0.4 is 10.4 Å². The van der Waals surface area contributed by atoms with E-state index >= 15 is 4.39 Å². The topological polar surface area (TPSA) is 82.2 Å². The third-order valence-electron chi connectivity index (χ3n) is 4.45. The van der Waals surface area contributed by atoms with E-state index in [1.54, 1.807) is 20.8 Å². The van der Waals surface area contributed by atoms with Crippen LogP contribution in [0.3, 0.4) is 0 Å². The van der Waals surface area contributed by atoms with Crippen LogP contribution in [0, 0.1) is 9.39 Å². The van der Waals surface area contributed by atoms with Gasteiger partial charge in [0, 0.05) is 22.4 Å². The predicted octanol–water partition coefficient (Wildman–Crippen LogP) is 4.59. The molecular weight excluding hydrogens is 557 g/mol. The Bertz CT molecular complexity index is 1220. The molecule has 0 radical (unpaired) electrons. The molecule has 7 nitrogen and oxygen atoms in total. The van der Waals surface area contributed by atoms with Crippen LogP contribution in [-0.4, -0.2) is 30.5 Å². The van der Waals surface area contributed by atoms with E-state index in [4.69, 9.17) is 16.3 Å². The highest BCUT2D eigenvalue weighted by molar-refractivity contribution is 14.1. The maximum atomic E-state index is 15.3. The van der Waals surface area contributed by atoms with E-state index in [0.717, 1.165) is 16.8 Å². The van der Waals surface area contributed by atoms with Crippen molar-refractivity contribution >= 4 is 46.1 Å². The van der Waals surface area contributed by atoms with Crippen molar-refractivity contribution in [3.05, 3.63) is 66.4 Å². The Morgan fingerprint density at radius 3 is 2.69 bits per heavy atom. The molecule has 3 rings (SSSR count). The number of aliphatic hydroxyl groups is 1. The molecule has 1 aromatic carbocycles. The van der Waals surface area contributed by atoms with Crippen molar-refractivity contribution in [1.82, 2.24) is 19.3 Å². The molecular formula is C21H20ClF2IN4O3. The number of aromatic nitrogens is 4.